The number of ether oxygens (including phenoxy) is 1. The van der Waals surface area contributed by atoms with Gasteiger partial charge in [-0.1, -0.05) is 41.9 Å². The van der Waals surface area contributed by atoms with Gasteiger partial charge in [0, 0.05) is 10.6 Å². The molecule has 5 rings (SSSR count). The third-order valence-corrected chi connectivity index (χ3v) is 5.32. The summed E-state index contributed by atoms with van der Waals surface area (Å²) in [5.74, 6) is 0.0715. The number of aromatic nitrogens is 4. The van der Waals surface area contributed by atoms with Crippen LogP contribution < -0.4 is 10.9 Å². The summed E-state index contributed by atoms with van der Waals surface area (Å²) in [5.41, 5.74) is 1.57. The van der Waals surface area contributed by atoms with Gasteiger partial charge in [-0.05, 0) is 25.1 Å². The standard InChI is InChI=1S/C21H16ClN5O3/c1-2-30-19(29)13-11-23-20-25-21-24-15-9-5-6-10-16(15)26(21)17(27(20)18(13)28)12-7-3-4-8-14(12)22/h3-11,17H,2H2,1H3,(H,23,24,25). The Kier molecular flexibility index (Phi) is 4.29. The molecule has 0 saturated heterocycles. The molecular formula is C21H16ClN5O3. The molecule has 4 aromatic rings. The Morgan fingerprint density at radius 2 is 1.90 bits per heavy atom. The molecule has 0 radical (unpaired) electrons. The van der Waals surface area contributed by atoms with Crippen LogP contribution in [0.1, 0.15) is 29.0 Å². The SMILES string of the molecule is CCOC(=O)c1cnc2n(c1=O)C(c1ccccc1Cl)n1c(nc3ccccc31)N2. The molecule has 0 fully saturated rings. The topological polar surface area (TPSA) is 91.0 Å². The van der Waals surface area contributed by atoms with Crippen LogP contribution in [0.4, 0.5) is 11.9 Å². The fourth-order valence-corrected chi connectivity index (χ4v) is 3.93. The number of hydrogen-bond donors (Lipinski definition) is 1. The van der Waals surface area contributed by atoms with Crippen molar-refractivity contribution < 1.29 is 9.53 Å². The van der Waals surface area contributed by atoms with Crippen LogP contribution in [0.3, 0.4) is 0 Å². The molecule has 9 heteroatoms. The average Bonchev–Trinajstić information content (AvgIpc) is 3.11. The first-order valence-corrected chi connectivity index (χ1v) is 9.75. The van der Waals surface area contributed by atoms with Gasteiger partial charge in [0.2, 0.25) is 11.9 Å². The molecule has 1 aliphatic rings. The van der Waals surface area contributed by atoms with E-state index in [0.29, 0.717) is 16.5 Å². The molecule has 1 N–H and O–H groups in total. The third kappa shape index (κ3) is 2.68. The van der Waals surface area contributed by atoms with Crippen LogP contribution in [0.5, 0.6) is 0 Å². The number of nitrogens with one attached hydrogen (secondary N) is 1. The zero-order chi connectivity index (χ0) is 20.8. The molecule has 30 heavy (non-hydrogen) atoms. The van der Waals surface area contributed by atoms with Gasteiger partial charge in [-0.15, -0.1) is 0 Å². The van der Waals surface area contributed by atoms with E-state index in [2.05, 4.69) is 15.3 Å². The zero-order valence-electron chi connectivity index (χ0n) is 15.9. The number of hydrogen-bond acceptors (Lipinski definition) is 6. The number of esters is 1. The Hall–Kier alpha value is -3.65. The maximum absolute atomic E-state index is 13.4. The number of carbonyl (C=O) groups is 1. The molecule has 150 valence electrons. The quantitative estimate of drug-likeness (QED) is 0.448. The molecule has 1 unspecified atom stereocenters. The van der Waals surface area contributed by atoms with Crippen LogP contribution >= 0.6 is 11.6 Å². The number of nitrogens with zero attached hydrogens (tertiary/aromatic N) is 4. The number of rotatable bonds is 3. The van der Waals surface area contributed by atoms with Crippen LogP contribution in [-0.2, 0) is 4.74 Å². The van der Waals surface area contributed by atoms with Gasteiger partial charge in [0.25, 0.3) is 5.56 Å². The molecule has 0 bridgehead atoms. The van der Waals surface area contributed by atoms with Crippen molar-refractivity contribution in [3.63, 3.8) is 0 Å². The van der Waals surface area contributed by atoms with E-state index in [4.69, 9.17) is 16.3 Å². The van der Waals surface area contributed by atoms with Crippen molar-refractivity contribution in [1.82, 2.24) is 19.1 Å². The van der Waals surface area contributed by atoms with E-state index in [1.54, 1.807) is 13.0 Å². The largest absolute Gasteiger partial charge is 0.462 e. The van der Waals surface area contributed by atoms with Gasteiger partial charge in [-0.25, -0.2) is 14.8 Å². The van der Waals surface area contributed by atoms with E-state index < -0.39 is 17.7 Å². The fraction of sp³-hybridized carbons (Fsp3) is 0.143. The number of imidazole rings is 1. The number of benzene rings is 2. The molecule has 2 aromatic heterocycles. The zero-order valence-corrected chi connectivity index (χ0v) is 16.6. The lowest BCUT2D eigenvalue weighted by atomic mass is 10.1. The minimum Gasteiger partial charge on any atom is -0.462 e. The van der Waals surface area contributed by atoms with E-state index in [1.807, 2.05) is 47.0 Å². The van der Waals surface area contributed by atoms with Crippen molar-refractivity contribution in [2.24, 2.45) is 0 Å². The minimum absolute atomic E-state index is 0.146. The van der Waals surface area contributed by atoms with Gasteiger partial charge >= 0.3 is 5.97 Å². The van der Waals surface area contributed by atoms with Gasteiger partial charge in [0.1, 0.15) is 11.7 Å². The molecule has 8 nitrogen and oxygen atoms in total. The lowest BCUT2D eigenvalue weighted by Gasteiger charge is -2.31. The Labute approximate surface area is 175 Å². The van der Waals surface area contributed by atoms with E-state index in [9.17, 15) is 9.59 Å². The fourth-order valence-electron chi connectivity index (χ4n) is 3.70. The Morgan fingerprint density at radius 1 is 1.13 bits per heavy atom. The van der Waals surface area contributed by atoms with Crippen LogP contribution in [0.25, 0.3) is 11.0 Å². The van der Waals surface area contributed by atoms with Gasteiger partial charge in [-0.2, -0.15) is 0 Å². The van der Waals surface area contributed by atoms with Crippen LogP contribution in [-0.4, -0.2) is 31.7 Å². The number of carbonyl (C=O) groups excluding carboxylic acids is 1. The molecule has 0 amide bonds. The third-order valence-electron chi connectivity index (χ3n) is 4.98. The lowest BCUT2D eigenvalue weighted by molar-refractivity contribution is 0.0522. The summed E-state index contributed by atoms with van der Waals surface area (Å²) in [6.07, 6.45) is 0.535. The maximum Gasteiger partial charge on any atom is 0.345 e. The van der Waals surface area contributed by atoms with Crippen LogP contribution in [0.15, 0.2) is 59.5 Å². The summed E-state index contributed by atoms with van der Waals surface area (Å²) < 4.78 is 8.32. The highest BCUT2D eigenvalue weighted by atomic mass is 35.5. The second-order valence-corrected chi connectivity index (χ2v) is 7.11. The monoisotopic (exact) mass is 421 g/mol. The highest BCUT2D eigenvalue weighted by Gasteiger charge is 2.33. The highest BCUT2D eigenvalue weighted by Crippen LogP contribution is 2.37. The first kappa shape index (κ1) is 18.4. The predicted octanol–water partition coefficient (Wildman–Crippen LogP) is 3.58. The Bertz CT molecular complexity index is 1360. The summed E-state index contributed by atoms with van der Waals surface area (Å²) in [6, 6.07) is 14.8. The molecule has 0 aliphatic carbocycles. The molecule has 1 aliphatic heterocycles. The average molecular weight is 422 g/mol. The number of halogens is 1. The van der Waals surface area contributed by atoms with Gasteiger partial charge in [0.05, 0.1) is 23.8 Å². The van der Waals surface area contributed by atoms with E-state index >= 15 is 0 Å². The normalized spacial score (nSPS) is 14.7. The summed E-state index contributed by atoms with van der Waals surface area (Å²) in [4.78, 5) is 34.7. The Balaban J connectivity index is 1.84. The summed E-state index contributed by atoms with van der Waals surface area (Å²) in [6.45, 7) is 1.84. The molecule has 0 spiro atoms. The summed E-state index contributed by atoms with van der Waals surface area (Å²) in [7, 11) is 0. The second kappa shape index (κ2) is 7.00. The van der Waals surface area contributed by atoms with Crippen molar-refractivity contribution in [3.05, 3.63) is 81.2 Å². The van der Waals surface area contributed by atoms with Crippen molar-refractivity contribution in [2.45, 2.75) is 13.1 Å². The van der Waals surface area contributed by atoms with Gasteiger partial charge in [-0.3, -0.25) is 19.2 Å². The Morgan fingerprint density at radius 3 is 2.70 bits per heavy atom. The molecule has 3 heterocycles. The second-order valence-electron chi connectivity index (χ2n) is 6.71. The summed E-state index contributed by atoms with van der Waals surface area (Å²) in [5, 5.41) is 3.58. The van der Waals surface area contributed by atoms with Crippen molar-refractivity contribution in [2.75, 3.05) is 11.9 Å². The van der Waals surface area contributed by atoms with Gasteiger partial charge < -0.3 is 4.74 Å². The van der Waals surface area contributed by atoms with Crippen LogP contribution in [0.2, 0.25) is 5.02 Å². The first-order chi connectivity index (χ1) is 14.6. The van der Waals surface area contributed by atoms with Crippen molar-refractivity contribution in [1.29, 1.82) is 0 Å². The van der Waals surface area contributed by atoms with E-state index in [0.717, 1.165) is 11.0 Å². The van der Waals surface area contributed by atoms with Crippen LogP contribution in [0, 0.1) is 0 Å². The molecular weight excluding hydrogens is 406 g/mol. The van der Waals surface area contributed by atoms with E-state index in [-0.39, 0.29) is 18.1 Å². The molecule has 0 saturated carbocycles. The van der Waals surface area contributed by atoms with Gasteiger partial charge in [0.15, 0.2) is 0 Å². The summed E-state index contributed by atoms with van der Waals surface area (Å²) >= 11 is 6.53. The van der Waals surface area contributed by atoms with Crippen molar-refractivity contribution >= 4 is 40.5 Å². The van der Waals surface area contributed by atoms with Crippen molar-refractivity contribution in [3.8, 4) is 0 Å². The predicted molar refractivity (Wildman–Crippen MR) is 112 cm³/mol. The maximum atomic E-state index is 13.4. The molecule has 1 atom stereocenters. The smallest absolute Gasteiger partial charge is 0.345 e. The minimum atomic E-state index is -0.718. The highest BCUT2D eigenvalue weighted by molar-refractivity contribution is 6.31. The first-order valence-electron chi connectivity index (χ1n) is 9.37. The lowest BCUT2D eigenvalue weighted by Crippen LogP contribution is -2.39. The number of fused-ring (bicyclic) bond motifs is 4. The number of para-hydroxylation sites is 2. The van der Waals surface area contributed by atoms with E-state index in [1.165, 1.54) is 10.8 Å². The number of anilines is 2. The molecule has 2 aromatic carbocycles.